The molecule has 0 N–H and O–H groups in total. The number of hydrogen-bond acceptors (Lipinski definition) is 5. The molecular weight excluding hydrogens is 332 g/mol. The molecule has 4 rings (SSSR count). The lowest BCUT2D eigenvalue weighted by Gasteiger charge is -2.07. The molecule has 0 aliphatic heterocycles. The zero-order valence-electron chi connectivity index (χ0n) is 14.1. The van der Waals surface area contributed by atoms with Crippen molar-refractivity contribution < 1.29 is 13.9 Å². The second-order valence-electron chi connectivity index (χ2n) is 6.06. The van der Waals surface area contributed by atoms with Gasteiger partial charge in [-0.2, -0.15) is 0 Å². The molecule has 4 aromatic rings. The number of rotatable bonds is 4. The molecule has 0 amide bonds. The maximum Gasteiger partial charge on any atom is 0.326 e. The average molecular weight is 348 g/mol. The molecule has 26 heavy (non-hydrogen) atoms. The van der Waals surface area contributed by atoms with Crippen LogP contribution in [0.1, 0.15) is 11.3 Å². The quantitative estimate of drug-likeness (QED) is 0.530. The van der Waals surface area contributed by atoms with Crippen LogP contribution in [0.5, 0.6) is 0 Å². The van der Waals surface area contributed by atoms with E-state index in [0.717, 1.165) is 16.5 Å². The maximum absolute atomic E-state index is 12.5. The van der Waals surface area contributed by atoms with Gasteiger partial charge >= 0.3 is 5.97 Å². The molecule has 2 aromatic carbocycles. The number of para-hydroxylation sites is 2. The summed E-state index contributed by atoms with van der Waals surface area (Å²) in [5.41, 5.74) is 2.03. The van der Waals surface area contributed by atoms with Gasteiger partial charge in [0.1, 0.15) is 24.5 Å². The lowest BCUT2D eigenvalue weighted by atomic mass is 10.1. The Morgan fingerprint density at radius 3 is 2.88 bits per heavy atom. The van der Waals surface area contributed by atoms with Crippen LogP contribution in [0.4, 0.5) is 0 Å². The van der Waals surface area contributed by atoms with E-state index in [2.05, 4.69) is 4.98 Å². The van der Waals surface area contributed by atoms with Crippen LogP contribution in [0.25, 0.3) is 21.9 Å². The minimum absolute atomic E-state index is 0.0163. The molecule has 0 saturated heterocycles. The highest BCUT2D eigenvalue weighted by atomic mass is 16.5. The molecular formula is C20H16N2O4. The third-order valence-corrected chi connectivity index (χ3v) is 4.21. The summed E-state index contributed by atoms with van der Waals surface area (Å²) < 4.78 is 12.1. The van der Waals surface area contributed by atoms with Gasteiger partial charge in [-0.1, -0.05) is 30.3 Å². The predicted molar refractivity (Wildman–Crippen MR) is 96.8 cm³/mol. The first-order valence-corrected chi connectivity index (χ1v) is 8.19. The van der Waals surface area contributed by atoms with Crippen LogP contribution in [0.2, 0.25) is 0 Å². The molecule has 6 heteroatoms. The fraction of sp³-hybridized carbons (Fsp3) is 0.150. The van der Waals surface area contributed by atoms with Crippen LogP contribution in [0, 0.1) is 6.92 Å². The third-order valence-electron chi connectivity index (χ3n) is 4.21. The number of aryl methyl sites for hydroxylation is 1. The number of esters is 1. The summed E-state index contributed by atoms with van der Waals surface area (Å²) in [6, 6.07) is 14.8. The Kier molecular flexibility index (Phi) is 4.01. The van der Waals surface area contributed by atoms with Gasteiger partial charge in [0.15, 0.2) is 0 Å². The second kappa shape index (κ2) is 6.48. The van der Waals surface area contributed by atoms with E-state index < -0.39 is 5.97 Å². The van der Waals surface area contributed by atoms with E-state index in [4.69, 9.17) is 9.15 Å². The fourth-order valence-electron chi connectivity index (χ4n) is 2.89. The Bertz CT molecular complexity index is 1140. The molecule has 0 aliphatic rings. The molecule has 0 saturated carbocycles. The average Bonchev–Trinajstić information content (AvgIpc) is 3.06. The van der Waals surface area contributed by atoms with Crippen LogP contribution in [0.15, 0.2) is 64.1 Å². The highest BCUT2D eigenvalue weighted by Gasteiger charge is 2.11. The summed E-state index contributed by atoms with van der Waals surface area (Å²) in [6.07, 6.45) is 1.38. The van der Waals surface area contributed by atoms with E-state index in [0.29, 0.717) is 16.7 Å². The molecule has 0 atom stereocenters. The molecule has 0 bridgehead atoms. The lowest BCUT2D eigenvalue weighted by Crippen LogP contribution is -2.25. The van der Waals surface area contributed by atoms with Crippen molar-refractivity contribution in [1.82, 2.24) is 9.55 Å². The summed E-state index contributed by atoms with van der Waals surface area (Å²) >= 11 is 0. The molecule has 6 nitrogen and oxygen atoms in total. The van der Waals surface area contributed by atoms with Crippen LogP contribution < -0.4 is 5.56 Å². The topological polar surface area (TPSA) is 74.3 Å². The largest absolute Gasteiger partial charge is 0.457 e. The minimum Gasteiger partial charge on any atom is -0.457 e. The van der Waals surface area contributed by atoms with Crippen molar-refractivity contribution in [3.63, 3.8) is 0 Å². The third kappa shape index (κ3) is 2.97. The monoisotopic (exact) mass is 348 g/mol. The molecule has 0 unspecified atom stereocenters. The Hall–Kier alpha value is -3.41. The Morgan fingerprint density at radius 2 is 2.04 bits per heavy atom. The molecule has 2 heterocycles. The number of aromatic nitrogens is 2. The summed E-state index contributed by atoms with van der Waals surface area (Å²) in [6.45, 7) is 1.71. The zero-order chi connectivity index (χ0) is 18.1. The van der Waals surface area contributed by atoms with Crippen molar-refractivity contribution >= 4 is 27.8 Å². The smallest absolute Gasteiger partial charge is 0.326 e. The van der Waals surface area contributed by atoms with E-state index in [9.17, 15) is 9.59 Å². The van der Waals surface area contributed by atoms with Gasteiger partial charge in [-0.15, -0.1) is 0 Å². The molecule has 0 spiro atoms. The highest BCUT2D eigenvalue weighted by molar-refractivity contribution is 5.81. The Morgan fingerprint density at radius 1 is 1.19 bits per heavy atom. The van der Waals surface area contributed by atoms with E-state index in [1.54, 1.807) is 12.1 Å². The van der Waals surface area contributed by atoms with Gasteiger partial charge in [-0.3, -0.25) is 14.2 Å². The summed E-state index contributed by atoms with van der Waals surface area (Å²) in [4.78, 5) is 28.9. The van der Waals surface area contributed by atoms with Crippen LogP contribution in [-0.4, -0.2) is 15.5 Å². The van der Waals surface area contributed by atoms with Gasteiger partial charge in [-0.05, 0) is 30.7 Å². The molecule has 130 valence electrons. The minimum atomic E-state index is -0.527. The normalized spacial score (nSPS) is 11.1. The number of furan rings is 1. The van der Waals surface area contributed by atoms with Crippen LogP contribution >= 0.6 is 0 Å². The molecule has 0 fully saturated rings. The molecule has 0 aliphatic carbocycles. The van der Waals surface area contributed by atoms with Gasteiger partial charge in [0, 0.05) is 5.39 Å². The van der Waals surface area contributed by atoms with Gasteiger partial charge < -0.3 is 9.15 Å². The molecule has 0 radical (unpaired) electrons. The lowest BCUT2D eigenvalue weighted by molar-refractivity contribution is -0.146. The number of hydrogen-bond donors (Lipinski definition) is 0. The standard InChI is InChI=1S/C20H16N2O4/c1-13-5-4-7-16-19(13)21-12-22(20(16)24)10-18(23)25-11-15-9-14-6-2-3-8-17(14)26-15/h2-9,12H,10-11H2,1H3. The zero-order valence-corrected chi connectivity index (χ0v) is 14.1. The van der Waals surface area contributed by atoms with Crippen molar-refractivity contribution in [2.24, 2.45) is 0 Å². The summed E-state index contributed by atoms with van der Waals surface area (Å²) in [5, 5.41) is 1.43. The van der Waals surface area contributed by atoms with Crippen LogP contribution in [0.3, 0.4) is 0 Å². The van der Waals surface area contributed by atoms with E-state index in [-0.39, 0.29) is 18.7 Å². The Balaban J connectivity index is 1.48. The van der Waals surface area contributed by atoms with Crippen molar-refractivity contribution in [2.75, 3.05) is 0 Å². The first kappa shape index (κ1) is 16.1. The highest BCUT2D eigenvalue weighted by Crippen LogP contribution is 2.19. The van der Waals surface area contributed by atoms with Crippen molar-refractivity contribution in [3.05, 3.63) is 76.5 Å². The van der Waals surface area contributed by atoms with Gasteiger partial charge in [0.2, 0.25) is 0 Å². The predicted octanol–water partition coefficient (Wildman–Crippen LogP) is 3.19. The van der Waals surface area contributed by atoms with Crippen LogP contribution in [-0.2, 0) is 22.7 Å². The fourth-order valence-corrected chi connectivity index (χ4v) is 2.89. The molecule has 2 aromatic heterocycles. The summed E-state index contributed by atoms with van der Waals surface area (Å²) in [5.74, 6) is 0.0283. The maximum atomic E-state index is 12.5. The second-order valence-corrected chi connectivity index (χ2v) is 6.06. The van der Waals surface area contributed by atoms with Crippen molar-refractivity contribution in [2.45, 2.75) is 20.1 Å². The SMILES string of the molecule is Cc1cccc2c(=O)n(CC(=O)OCc3cc4ccccc4o3)cnc12. The number of carbonyl (C=O) groups is 1. The Labute approximate surface area is 148 Å². The number of benzene rings is 2. The number of nitrogens with zero attached hydrogens (tertiary/aromatic N) is 2. The first-order valence-electron chi connectivity index (χ1n) is 8.19. The number of fused-ring (bicyclic) bond motifs is 2. The van der Waals surface area contributed by atoms with Crippen molar-refractivity contribution in [3.8, 4) is 0 Å². The summed E-state index contributed by atoms with van der Waals surface area (Å²) in [7, 11) is 0. The van der Waals surface area contributed by atoms with E-state index in [1.807, 2.05) is 43.3 Å². The first-order chi connectivity index (χ1) is 12.6. The van der Waals surface area contributed by atoms with Gasteiger partial charge in [0.25, 0.3) is 5.56 Å². The van der Waals surface area contributed by atoms with Gasteiger partial charge in [0.05, 0.1) is 17.2 Å². The van der Waals surface area contributed by atoms with Gasteiger partial charge in [-0.25, -0.2) is 4.98 Å². The van der Waals surface area contributed by atoms with E-state index in [1.165, 1.54) is 10.9 Å². The van der Waals surface area contributed by atoms with E-state index >= 15 is 0 Å². The number of carbonyl (C=O) groups excluding carboxylic acids is 1. The van der Waals surface area contributed by atoms with Crippen molar-refractivity contribution in [1.29, 1.82) is 0 Å². The number of ether oxygens (including phenoxy) is 1.